The molecule has 1 aromatic rings. The van der Waals surface area contributed by atoms with Crippen molar-refractivity contribution < 1.29 is 9.18 Å². The zero-order valence-electron chi connectivity index (χ0n) is 11.9. The molecule has 2 aliphatic rings. The lowest BCUT2D eigenvalue weighted by atomic mass is 9.82. The van der Waals surface area contributed by atoms with E-state index in [1.807, 2.05) is 12.1 Å². The monoisotopic (exact) mass is 310 g/mol. The Kier molecular flexibility index (Phi) is 4.57. The molecule has 2 fully saturated rings. The first kappa shape index (κ1) is 14.9. The molecular weight excluding hydrogens is 291 g/mol. The first-order valence-corrected chi connectivity index (χ1v) is 8.00. The summed E-state index contributed by atoms with van der Waals surface area (Å²) in [6.45, 7) is 2.63. The van der Waals surface area contributed by atoms with Crippen LogP contribution in [0.3, 0.4) is 0 Å². The van der Waals surface area contributed by atoms with Crippen molar-refractivity contribution >= 4 is 17.4 Å². The molecule has 1 N–H and O–H groups in total. The highest BCUT2D eigenvalue weighted by atomic mass is 35.5. The molecule has 0 spiro atoms. The maximum absolute atomic E-state index is 13.0. The van der Waals surface area contributed by atoms with E-state index in [-0.39, 0.29) is 29.4 Å². The Labute approximate surface area is 129 Å². The van der Waals surface area contributed by atoms with E-state index in [1.165, 1.54) is 12.1 Å². The summed E-state index contributed by atoms with van der Waals surface area (Å²) in [6, 6.07) is 7.30. The molecule has 2 aliphatic heterocycles. The number of alkyl halides is 1. The molecule has 114 valence electrons. The predicted octanol–water partition coefficient (Wildman–Crippen LogP) is 2.19. The van der Waals surface area contributed by atoms with Gasteiger partial charge in [-0.3, -0.25) is 9.69 Å². The lowest BCUT2D eigenvalue weighted by molar-refractivity contribution is -0.123. The van der Waals surface area contributed by atoms with Crippen LogP contribution in [0.2, 0.25) is 0 Å². The van der Waals surface area contributed by atoms with Crippen molar-refractivity contribution in [1.29, 1.82) is 0 Å². The minimum Gasteiger partial charge on any atom is -0.308 e. The van der Waals surface area contributed by atoms with Gasteiger partial charge in [0.2, 0.25) is 0 Å². The van der Waals surface area contributed by atoms with Gasteiger partial charge in [-0.1, -0.05) is 12.1 Å². The van der Waals surface area contributed by atoms with E-state index in [0.717, 1.165) is 38.0 Å². The minimum atomic E-state index is -0.205. The molecule has 3 unspecified atom stereocenters. The van der Waals surface area contributed by atoms with Gasteiger partial charge in [0.05, 0.1) is 5.88 Å². The van der Waals surface area contributed by atoms with Gasteiger partial charge in [0.15, 0.2) is 5.78 Å². The van der Waals surface area contributed by atoms with Gasteiger partial charge in [-0.25, -0.2) is 4.39 Å². The summed E-state index contributed by atoms with van der Waals surface area (Å²) in [5, 5.41) is 3.56. The summed E-state index contributed by atoms with van der Waals surface area (Å²) < 4.78 is 13.0. The lowest BCUT2D eigenvalue weighted by Gasteiger charge is -2.45. The van der Waals surface area contributed by atoms with Crippen LogP contribution >= 0.6 is 11.6 Å². The first-order valence-electron chi connectivity index (χ1n) is 7.47. The number of carbonyl (C=O) groups excluding carboxylic acids is 1. The van der Waals surface area contributed by atoms with E-state index in [4.69, 9.17) is 11.6 Å². The topological polar surface area (TPSA) is 32.3 Å². The summed E-state index contributed by atoms with van der Waals surface area (Å²) in [6.07, 6.45) is 1.96. The van der Waals surface area contributed by atoms with E-state index in [1.54, 1.807) is 0 Å². The maximum Gasteiger partial charge on any atom is 0.152 e. The van der Waals surface area contributed by atoms with Crippen LogP contribution in [0.1, 0.15) is 18.4 Å². The zero-order chi connectivity index (χ0) is 14.8. The van der Waals surface area contributed by atoms with Crippen molar-refractivity contribution in [3.63, 3.8) is 0 Å². The van der Waals surface area contributed by atoms with Gasteiger partial charge in [0.1, 0.15) is 5.82 Å². The molecule has 3 rings (SSSR count). The van der Waals surface area contributed by atoms with Crippen molar-refractivity contribution in [1.82, 2.24) is 10.2 Å². The van der Waals surface area contributed by atoms with Gasteiger partial charge in [-0.05, 0) is 30.5 Å². The van der Waals surface area contributed by atoms with Gasteiger partial charge in [-0.15, -0.1) is 11.6 Å². The van der Waals surface area contributed by atoms with Crippen LogP contribution in [-0.4, -0.2) is 41.7 Å². The van der Waals surface area contributed by atoms with Crippen LogP contribution < -0.4 is 5.32 Å². The zero-order valence-corrected chi connectivity index (χ0v) is 12.7. The molecule has 5 heteroatoms. The molecule has 21 heavy (non-hydrogen) atoms. The van der Waals surface area contributed by atoms with E-state index in [0.29, 0.717) is 6.04 Å². The van der Waals surface area contributed by atoms with E-state index in [2.05, 4.69) is 10.2 Å². The first-order chi connectivity index (χ1) is 10.2. The van der Waals surface area contributed by atoms with Crippen molar-refractivity contribution in [2.75, 3.05) is 19.0 Å². The van der Waals surface area contributed by atoms with Gasteiger partial charge in [0.25, 0.3) is 0 Å². The number of rotatable bonds is 4. The van der Waals surface area contributed by atoms with Crippen LogP contribution in [0.5, 0.6) is 0 Å². The average Bonchev–Trinajstić information content (AvgIpc) is 2.49. The number of halogens is 2. The molecule has 1 aromatic carbocycles. The molecule has 3 nitrogen and oxygen atoms in total. The van der Waals surface area contributed by atoms with Crippen LogP contribution in [0.15, 0.2) is 24.3 Å². The molecule has 3 atom stereocenters. The van der Waals surface area contributed by atoms with Gasteiger partial charge in [-0.2, -0.15) is 0 Å². The quantitative estimate of drug-likeness (QED) is 0.865. The van der Waals surface area contributed by atoms with E-state index in [9.17, 15) is 9.18 Å². The predicted molar refractivity (Wildman–Crippen MR) is 80.8 cm³/mol. The third kappa shape index (κ3) is 3.44. The number of nitrogens with zero attached hydrogens (tertiary/aromatic N) is 1. The van der Waals surface area contributed by atoms with Crippen LogP contribution in [-0.2, 0) is 11.3 Å². The standard InChI is InChI=1S/C16H20ClFN2O/c17-7-16(21)14-6-5-13-9-20(10-15(14)19-13)8-11-1-3-12(18)4-2-11/h1-4,13-15,19H,5-10H2. The Balaban J connectivity index is 1.66. The fourth-order valence-corrected chi connectivity index (χ4v) is 3.73. The molecule has 0 aromatic heterocycles. The van der Waals surface area contributed by atoms with Crippen molar-refractivity contribution in [3.05, 3.63) is 35.6 Å². The largest absolute Gasteiger partial charge is 0.308 e. The van der Waals surface area contributed by atoms with Gasteiger partial charge in [0, 0.05) is 37.6 Å². The number of piperidine rings is 1. The SMILES string of the molecule is O=C(CCl)C1CCC2CN(Cc3ccc(F)cc3)CC1N2. The van der Waals surface area contributed by atoms with Gasteiger partial charge < -0.3 is 5.32 Å². The number of Topliss-reactive ketones (excluding diaryl/α,β-unsaturated/α-hetero) is 1. The number of benzene rings is 1. The molecule has 2 heterocycles. The van der Waals surface area contributed by atoms with E-state index >= 15 is 0 Å². The normalized spacial score (nSPS) is 29.3. The Hall–Kier alpha value is -0.970. The fraction of sp³-hybridized carbons (Fsp3) is 0.562. The molecular formula is C16H20ClFN2O. The van der Waals surface area contributed by atoms with Gasteiger partial charge >= 0.3 is 0 Å². The van der Waals surface area contributed by atoms with E-state index < -0.39 is 0 Å². The highest BCUT2D eigenvalue weighted by molar-refractivity contribution is 6.28. The number of ketones is 1. The molecule has 2 bridgehead atoms. The minimum absolute atomic E-state index is 0.0368. The molecule has 0 radical (unpaired) electrons. The average molecular weight is 311 g/mol. The lowest BCUT2D eigenvalue weighted by Crippen LogP contribution is -2.62. The third-order valence-electron chi connectivity index (χ3n) is 4.56. The molecule has 0 saturated carbocycles. The van der Waals surface area contributed by atoms with Crippen molar-refractivity contribution in [3.8, 4) is 0 Å². The highest BCUT2D eigenvalue weighted by Crippen LogP contribution is 2.27. The maximum atomic E-state index is 13.0. The molecule has 0 aliphatic carbocycles. The fourth-order valence-electron chi connectivity index (χ4n) is 3.53. The number of nitrogens with one attached hydrogen (secondary N) is 1. The Morgan fingerprint density at radius 2 is 2.05 bits per heavy atom. The number of fused-ring (bicyclic) bond motifs is 2. The number of likely N-dealkylation sites (tertiary alicyclic amines) is 1. The summed E-state index contributed by atoms with van der Waals surface area (Å²) in [5.74, 6) is 0.0839. The smallest absolute Gasteiger partial charge is 0.152 e. The Morgan fingerprint density at radius 1 is 1.29 bits per heavy atom. The Bertz CT molecular complexity index is 508. The van der Waals surface area contributed by atoms with Crippen LogP contribution in [0.25, 0.3) is 0 Å². The van der Waals surface area contributed by atoms with Crippen molar-refractivity contribution in [2.24, 2.45) is 5.92 Å². The summed E-state index contributed by atoms with van der Waals surface area (Å²) in [4.78, 5) is 14.3. The third-order valence-corrected chi connectivity index (χ3v) is 4.82. The second kappa shape index (κ2) is 6.42. The second-order valence-electron chi connectivity index (χ2n) is 6.07. The highest BCUT2D eigenvalue weighted by Gasteiger charge is 2.38. The summed E-state index contributed by atoms with van der Waals surface area (Å²) >= 11 is 5.72. The number of hydrogen-bond acceptors (Lipinski definition) is 3. The second-order valence-corrected chi connectivity index (χ2v) is 6.34. The summed E-state index contributed by atoms with van der Waals surface area (Å²) in [7, 11) is 0. The van der Waals surface area contributed by atoms with Crippen LogP contribution in [0.4, 0.5) is 4.39 Å². The molecule has 0 amide bonds. The Morgan fingerprint density at radius 3 is 2.76 bits per heavy atom. The number of piperazine rings is 1. The van der Waals surface area contributed by atoms with Crippen molar-refractivity contribution in [2.45, 2.75) is 31.5 Å². The number of carbonyl (C=O) groups is 1. The number of hydrogen-bond donors (Lipinski definition) is 1. The molecule has 2 saturated heterocycles. The summed E-state index contributed by atoms with van der Waals surface area (Å²) in [5.41, 5.74) is 1.11. The van der Waals surface area contributed by atoms with Crippen LogP contribution in [0, 0.1) is 11.7 Å².